The van der Waals surface area contributed by atoms with Gasteiger partial charge >= 0.3 is 5.97 Å². The maximum absolute atomic E-state index is 12.4. The number of hydrogen-bond acceptors (Lipinski definition) is 3. The Balaban J connectivity index is 2.11. The zero-order chi connectivity index (χ0) is 14.0. The average Bonchev–Trinajstić information content (AvgIpc) is 2.70. The first-order chi connectivity index (χ1) is 8.99. The minimum Gasteiger partial charge on any atom is -0.480 e. The van der Waals surface area contributed by atoms with E-state index < -0.39 is 5.97 Å². The Kier molecular flexibility index (Phi) is 3.87. The summed E-state index contributed by atoms with van der Waals surface area (Å²) in [5, 5.41) is 13.0. The van der Waals surface area contributed by atoms with Crippen LogP contribution in [0.1, 0.15) is 37.7 Å². The summed E-state index contributed by atoms with van der Waals surface area (Å²) in [6.07, 6.45) is 6.32. The van der Waals surface area contributed by atoms with E-state index in [1.807, 2.05) is 0 Å². The van der Waals surface area contributed by atoms with Crippen molar-refractivity contribution in [3.8, 4) is 0 Å². The Bertz CT molecular complexity index is 479. The molecular formula is C13H19N3O3. The van der Waals surface area contributed by atoms with Gasteiger partial charge in [0.15, 0.2) is 0 Å². The third kappa shape index (κ3) is 2.94. The summed E-state index contributed by atoms with van der Waals surface area (Å²) in [4.78, 5) is 24.9. The molecule has 0 saturated heterocycles. The van der Waals surface area contributed by atoms with Crippen LogP contribution < -0.4 is 0 Å². The highest BCUT2D eigenvalue weighted by Crippen LogP contribution is 2.28. The first kappa shape index (κ1) is 13.6. The lowest BCUT2D eigenvalue weighted by Gasteiger charge is -2.37. The van der Waals surface area contributed by atoms with Gasteiger partial charge in [0.2, 0.25) is 5.91 Å². The van der Waals surface area contributed by atoms with Gasteiger partial charge in [-0.3, -0.25) is 14.3 Å². The van der Waals surface area contributed by atoms with Crippen molar-refractivity contribution in [1.29, 1.82) is 0 Å². The third-order valence-electron chi connectivity index (χ3n) is 3.70. The van der Waals surface area contributed by atoms with Crippen molar-refractivity contribution in [3.63, 3.8) is 0 Å². The second-order valence-corrected chi connectivity index (χ2v) is 5.11. The molecule has 1 N–H and O–H groups in total. The summed E-state index contributed by atoms with van der Waals surface area (Å²) in [5.74, 6) is -1.44. The molecule has 1 aromatic rings. The Morgan fingerprint density at radius 3 is 2.68 bits per heavy atom. The Hall–Kier alpha value is -1.85. The van der Waals surface area contributed by atoms with Crippen LogP contribution in [0.15, 0.2) is 12.4 Å². The molecule has 0 aliphatic heterocycles. The molecule has 1 heterocycles. The average molecular weight is 265 g/mol. The van der Waals surface area contributed by atoms with Crippen molar-refractivity contribution in [3.05, 3.63) is 18.0 Å². The molecule has 1 unspecified atom stereocenters. The maximum Gasteiger partial charge on any atom is 0.323 e. The van der Waals surface area contributed by atoms with Gasteiger partial charge in [0.1, 0.15) is 6.54 Å². The highest BCUT2D eigenvalue weighted by Gasteiger charge is 2.33. The van der Waals surface area contributed by atoms with Crippen LogP contribution in [0.25, 0.3) is 0 Å². The molecule has 0 radical (unpaired) electrons. The number of hydrogen-bond donors (Lipinski definition) is 1. The molecular weight excluding hydrogens is 246 g/mol. The SMILES string of the molecule is CC(C(=O)N(CC(=O)O)C1CCC1)c1cnn(C)c1. The summed E-state index contributed by atoms with van der Waals surface area (Å²) in [7, 11) is 1.79. The van der Waals surface area contributed by atoms with Gasteiger partial charge in [-0.05, 0) is 26.2 Å². The van der Waals surface area contributed by atoms with Crippen molar-refractivity contribution >= 4 is 11.9 Å². The van der Waals surface area contributed by atoms with Crippen LogP contribution >= 0.6 is 0 Å². The van der Waals surface area contributed by atoms with Crippen molar-refractivity contribution in [2.24, 2.45) is 7.05 Å². The van der Waals surface area contributed by atoms with Gasteiger partial charge < -0.3 is 10.0 Å². The van der Waals surface area contributed by atoms with Crippen LogP contribution in [0.5, 0.6) is 0 Å². The molecule has 19 heavy (non-hydrogen) atoms. The monoisotopic (exact) mass is 265 g/mol. The van der Waals surface area contributed by atoms with Gasteiger partial charge in [-0.2, -0.15) is 5.10 Å². The fraction of sp³-hybridized carbons (Fsp3) is 0.615. The van der Waals surface area contributed by atoms with E-state index in [9.17, 15) is 9.59 Å². The van der Waals surface area contributed by atoms with Crippen molar-refractivity contribution in [2.75, 3.05) is 6.54 Å². The quantitative estimate of drug-likeness (QED) is 0.861. The van der Waals surface area contributed by atoms with Gasteiger partial charge in [-0.15, -0.1) is 0 Å². The number of amides is 1. The van der Waals surface area contributed by atoms with E-state index >= 15 is 0 Å². The molecule has 1 atom stereocenters. The number of aromatic nitrogens is 2. The standard InChI is InChI=1S/C13H19N3O3/c1-9(10-6-14-15(2)7-10)13(19)16(8-12(17)18)11-4-3-5-11/h6-7,9,11H,3-5,8H2,1-2H3,(H,17,18). The molecule has 104 valence electrons. The lowest BCUT2D eigenvalue weighted by Crippen LogP contribution is -2.48. The molecule has 2 rings (SSSR count). The fourth-order valence-corrected chi connectivity index (χ4v) is 2.29. The Labute approximate surface area is 112 Å². The minimum absolute atomic E-state index is 0.0859. The number of carbonyl (C=O) groups is 2. The van der Waals surface area contributed by atoms with Crippen LogP contribution in [0.3, 0.4) is 0 Å². The van der Waals surface area contributed by atoms with E-state index in [0.717, 1.165) is 24.8 Å². The predicted molar refractivity (Wildman–Crippen MR) is 68.6 cm³/mol. The second kappa shape index (κ2) is 5.42. The van der Waals surface area contributed by atoms with Crippen molar-refractivity contribution in [2.45, 2.75) is 38.1 Å². The summed E-state index contributed by atoms with van der Waals surface area (Å²) >= 11 is 0. The van der Waals surface area contributed by atoms with Gasteiger partial charge in [-0.25, -0.2) is 0 Å². The molecule has 1 aliphatic carbocycles. The minimum atomic E-state index is -0.960. The fourth-order valence-electron chi connectivity index (χ4n) is 2.29. The number of aryl methyl sites for hydroxylation is 1. The Morgan fingerprint density at radius 2 is 2.26 bits per heavy atom. The topological polar surface area (TPSA) is 75.4 Å². The van der Waals surface area contributed by atoms with E-state index in [2.05, 4.69) is 5.10 Å². The number of rotatable bonds is 5. The lowest BCUT2D eigenvalue weighted by molar-refractivity contribution is -0.148. The number of nitrogens with zero attached hydrogens (tertiary/aromatic N) is 3. The van der Waals surface area contributed by atoms with Crippen LogP contribution in [-0.4, -0.2) is 44.3 Å². The zero-order valence-electron chi connectivity index (χ0n) is 11.2. The smallest absolute Gasteiger partial charge is 0.323 e. The first-order valence-electron chi connectivity index (χ1n) is 6.50. The number of aliphatic carboxylic acids is 1. The summed E-state index contributed by atoms with van der Waals surface area (Å²) < 4.78 is 1.64. The molecule has 0 bridgehead atoms. The van der Waals surface area contributed by atoms with E-state index in [4.69, 9.17) is 5.11 Å². The van der Waals surface area contributed by atoms with Crippen molar-refractivity contribution in [1.82, 2.24) is 14.7 Å². The van der Waals surface area contributed by atoms with Gasteiger partial charge in [0.25, 0.3) is 0 Å². The summed E-state index contributed by atoms with van der Waals surface area (Å²) in [6.45, 7) is 1.58. The molecule has 1 fully saturated rings. The van der Waals surface area contributed by atoms with E-state index in [1.165, 1.54) is 4.90 Å². The van der Waals surface area contributed by atoms with Gasteiger partial charge in [-0.1, -0.05) is 0 Å². The largest absolute Gasteiger partial charge is 0.480 e. The van der Waals surface area contributed by atoms with E-state index in [1.54, 1.807) is 31.0 Å². The van der Waals surface area contributed by atoms with E-state index in [0.29, 0.717) is 0 Å². The molecule has 0 aromatic carbocycles. The molecule has 6 heteroatoms. The third-order valence-corrected chi connectivity index (χ3v) is 3.70. The summed E-state index contributed by atoms with van der Waals surface area (Å²) in [6, 6.07) is 0.0859. The number of carbonyl (C=O) groups excluding carboxylic acids is 1. The lowest BCUT2D eigenvalue weighted by atomic mass is 9.90. The maximum atomic E-state index is 12.4. The molecule has 1 aromatic heterocycles. The normalized spacial score (nSPS) is 16.7. The van der Waals surface area contributed by atoms with Gasteiger partial charge in [0, 0.05) is 24.8 Å². The van der Waals surface area contributed by atoms with E-state index in [-0.39, 0.29) is 24.4 Å². The molecule has 0 spiro atoms. The van der Waals surface area contributed by atoms with Crippen LogP contribution in [0.4, 0.5) is 0 Å². The molecule has 1 saturated carbocycles. The summed E-state index contributed by atoms with van der Waals surface area (Å²) in [5.41, 5.74) is 0.821. The number of carboxylic acid groups (broad SMARTS) is 1. The zero-order valence-corrected chi connectivity index (χ0v) is 11.2. The molecule has 1 aliphatic rings. The number of carboxylic acids is 1. The van der Waals surface area contributed by atoms with Gasteiger partial charge in [0.05, 0.1) is 12.1 Å². The predicted octanol–water partition coefficient (Wildman–Crippen LogP) is 0.989. The van der Waals surface area contributed by atoms with Crippen molar-refractivity contribution < 1.29 is 14.7 Å². The Morgan fingerprint density at radius 1 is 1.58 bits per heavy atom. The van der Waals surface area contributed by atoms with Crippen LogP contribution in [-0.2, 0) is 16.6 Å². The molecule has 1 amide bonds. The van der Waals surface area contributed by atoms with Crippen LogP contribution in [0.2, 0.25) is 0 Å². The first-order valence-corrected chi connectivity index (χ1v) is 6.50. The highest BCUT2D eigenvalue weighted by atomic mass is 16.4. The highest BCUT2D eigenvalue weighted by molar-refractivity contribution is 5.86. The molecule has 6 nitrogen and oxygen atoms in total. The van der Waals surface area contributed by atoms with Crippen LogP contribution in [0, 0.1) is 0 Å². The second-order valence-electron chi connectivity index (χ2n) is 5.11.